The summed E-state index contributed by atoms with van der Waals surface area (Å²) in [6.07, 6.45) is 0. The summed E-state index contributed by atoms with van der Waals surface area (Å²) in [6, 6.07) is 22.9. The molecule has 0 aromatic heterocycles. The lowest BCUT2D eigenvalue weighted by Gasteiger charge is -2.16. The fourth-order valence-corrected chi connectivity index (χ4v) is 5.64. The molecule has 0 aliphatic heterocycles. The molecule has 134 valence electrons. The summed E-state index contributed by atoms with van der Waals surface area (Å²) < 4.78 is 24.7. The van der Waals surface area contributed by atoms with Crippen LogP contribution < -0.4 is 5.30 Å². The SMILES string of the molecule is O=P(OSc1ccc(Cl)cc1)(OSc1ccc(Cl)cc1)c1ccccc1. The molecule has 3 aromatic carbocycles. The predicted octanol–water partition coefficient (Wildman–Crippen LogP) is 7.26. The second kappa shape index (κ2) is 9.34. The van der Waals surface area contributed by atoms with Crippen molar-refractivity contribution in [3.63, 3.8) is 0 Å². The van der Waals surface area contributed by atoms with Crippen LogP contribution in [0.2, 0.25) is 10.0 Å². The minimum absolute atomic E-state index is 0.475. The van der Waals surface area contributed by atoms with Gasteiger partial charge in [-0.1, -0.05) is 41.4 Å². The molecule has 0 spiro atoms. The highest BCUT2D eigenvalue weighted by atomic mass is 35.5. The van der Waals surface area contributed by atoms with Crippen LogP contribution in [-0.4, -0.2) is 0 Å². The number of benzene rings is 3. The topological polar surface area (TPSA) is 35.5 Å². The summed E-state index contributed by atoms with van der Waals surface area (Å²) in [6.45, 7) is 0. The van der Waals surface area contributed by atoms with Crippen molar-refractivity contribution in [1.29, 1.82) is 0 Å². The Balaban J connectivity index is 1.76. The number of hydrogen-bond donors (Lipinski definition) is 0. The standard InChI is InChI=1S/C18H13Cl2O3PS2/c19-14-6-10-17(11-7-14)25-22-24(21,16-4-2-1-3-5-16)23-26-18-12-8-15(20)9-13-18/h1-13H. The Hall–Kier alpha value is -0.910. The van der Waals surface area contributed by atoms with Gasteiger partial charge >= 0.3 is 7.60 Å². The Morgan fingerprint density at radius 1 is 0.654 bits per heavy atom. The Bertz CT molecular complexity index is 837. The number of halogens is 2. The van der Waals surface area contributed by atoms with Crippen LogP contribution in [0.15, 0.2) is 88.7 Å². The van der Waals surface area contributed by atoms with E-state index in [0.29, 0.717) is 15.3 Å². The second-order valence-electron chi connectivity index (χ2n) is 5.06. The Morgan fingerprint density at radius 3 is 1.50 bits per heavy atom. The maximum absolute atomic E-state index is 13.4. The quantitative estimate of drug-likeness (QED) is 0.284. The van der Waals surface area contributed by atoms with Gasteiger partial charge in [-0.05, 0) is 60.7 Å². The van der Waals surface area contributed by atoms with Gasteiger partial charge in [-0.3, -0.25) is 4.57 Å². The molecule has 0 heterocycles. The van der Waals surface area contributed by atoms with Gasteiger partial charge in [0.15, 0.2) is 0 Å². The third-order valence-electron chi connectivity index (χ3n) is 3.16. The molecular formula is C18H13Cl2O3PS2. The molecule has 0 unspecified atom stereocenters. The van der Waals surface area contributed by atoms with Gasteiger partial charge < -0.3 is 0 Å². The molecule has 0 saturated carbocycles. The molecule has 0 N–H and O–H groups in total. The van der Waals surface area contributed by atoms with Gasteiger partial charge in [0.05, 0.1) is 5.30 Å². The van der Waals surface area contributed by atoms with Crippen molar-refractivity contribution in [2.24, 2.45) is 0 Å². The molecule has 8 heteroatoms. The first kappa shape index (κ1) is 19.8. The first-order valence-corrected chi connectivity index (χ1v) is 11.2. The van der Waals surface area contributed by atoms with Gasteiger partial charge in [-0.25, -0.2) is 7.94 Å². The van der Waals surface area contributed by atoms with E-state index >= 15 is 0 Å². The predicted molar refractivity (Wildman–Crippen MR) is 110 cm³/mol. The van der Waals surface area contributed by atoms with Crippen molar-refractivity contribution in [1.82, 2.24) is 0 Å². The molecule has 3 rings (SSSR count). The molecule has 0 amide bonds. The van der Waals surface area contributed by atoms with E-state index in [-0.39, 0.29) is 0 Å². The largest absolute Gasteiger partial charge is 0.384 e. The van der Waals surface area contributed by atoms with Crippen LogP contribution in [0.1, 0.15) is 0 Å². The highest BCUT2D eigenvalue weighted by molar-refractivity contribution is 8.02. The summed E-state index contributed by atoms with van der Waals surface area (Å²) in [7, 11) is -3.57. The lowest BCUT2D eigenvalue weighted by molar-refractivity contribution is 0.446. The molecule has 0 fully saturated rings. The summed E-state index contributed by atoms with van der Waals surface area (Å²) >= 11 is 13.7. The van der Waals surface area contributed by atoms with Crippen LogP contribution in [-0.2, 0) is 12.5 Å². The molecule has 0 aliphatic rings. The molecule has 3 nitrogen and oxygen atoms in total. The van der Waals surface area contributed by atoms with Gasteiger partial charge in [0.2, 0.25) is 0 Å². The number of hydrogen-bond acceptors (Lipinski definition) is 5. The van der Waals surface area contributed by atoms with E-state index in [4.69, 9.17) is 31.1 Å². The molecule has 3 aromatic rings. The van der Waals surface area contributed by atoms with Crippen molar-refractivity contribution in [3.8, 4) is 0 Å². The maximum Gasteiger partial charge on any atom is 0.384 e. The van der Waals surface area contributed by atoms with Crippen molar-refractivity contribution >= 4 is 60.2 Å². The van der Waals surface area contributed by atoms with Crippen LogP contribution in [0.3, 0.4) is 0 Å². The van der Waals surface area contributed by atoms with Crippen molar-refractivity contribution in [3.05, 3.63) is 88.9 Å². The highest BCUT2D eigenvalue weighted by Crippen LogP contribution is 2.55. The molecule has 26 heavy (non-hydrogen) atoms. The van der Waals surface area contributed by atoms with Crippen molar-refractivity contribution < 1.29 is 12.5 Å². The second-order valence-corrected chi connectivity index (χ2v) is 9.91. The first-order valence-electron chi connectivity index (χ1n) is 7.44. The monoisotopic (exact) mass is 442 g/mol. The normalized spacial score (nSPS) is 11.5. The average Bonchev–Trinajstić information content (AvgIpc) is 2.68. The zero-order valence-corrected chi connectivity index (χ0v) is 17.3. The highest BCUT2D eigenvalue weighted by Gasteiger charge is 2.30. The van der Waals surface area contributed by atoms with Gasteiger partial charge in [0.25, 0.3) is 0 Å². The van der Waals surface area contributed by atoms with Crippen LogP contribution in [0.5, 0.6) is 0 Å². The Labute approximate surface area is 171 Å². The maximum atomic E-state index is 13.4. The molecule has 0 radical (unpaired) electrons. The van der Waals surface area contributed by atoms with E-state index in [2.05, 4.69) is 0 Å². The fraction of sp³-hybridized carbons (Fsp3) is 0. The molecule has 0 saturated heterocycles. The van der Waals surface area contributed by atoms with Gasteiger partial charge in [-0.15, -0.1) is 0 Å². The molecule has 0 aliphatic carbocycles. The molecular weight excluding hydrogens is 430 g/mol. The van der Waals surface area contributed by atoms with Gasteiger partial charge in [0.1, 0.15) is 0 Å². The van der Waals surface area contributed by atoms with E-state index in [9.17, 15) is 4.57 Å². The van der Waals surface area contributed by atoms with E-state index in [1.54, 1.807) is 72.8 Å². The zero-order valence-electron chi connectivity index (χ0n) is 13.2. The summed E-state index contributed by atoms with van der Waals surface area (Å²) in [5.74, 6) is 0. The summed E-state index contributed by atoms with van der Waals surface area (Å²) in [5, 5.41) is 1.72. The zero-order chi connectivity index (χ0) is 18.4. The third-order valence-corrected chi connectivity index (χ3v) is 7.69. The van der Waals surface area contributed by atoms with Gasteiger partial charge in [0, 0.05) is 43.9 Å². The Kier molecular flexibility index (Phi) is 7.12. The van der Waals surface area contributed by atoms with Crippen molar-refractivity contribution in [2.45, 2.75) is 9.79 Å². The van der Waals surface area contributed by atoms with Crippen LogP contribution >= 0.6 is 54.9 Å². The minimum atomic E-state index is -3.57. The van der Waals surface area contributed by atoms with E-state index in [0.717, 1.165) is 33.9 Å². The number of rotatable bonds is 7. The summed E-state index contributed by atoms with van der Waals surface area (Å²) in [5.41, 5.74) is 0. The van der Waals surface area contributed by atoms with E-state index in [1.165, 1.54) is 0 Å². The summed E-state index contributed by atoms with van der Waals surface area (Å²) in [4.78, 5) is 1.54. The van der Waals surface area contributed by atoms with Crippen LogP contribution in [0.4, 0.5) is 0 Å². The van der Waals surface area contributed by atoms with Crippen LogP contribution in [0.25, 0.3) is 0 Å². The molecule has 0 bridgehead atoms. The first-order chi connectivity index (χ1) is 12.5. The van der Waals surface area contributed by atoms with Crippen LogP contribution in [0, 0.1) is 0 Å². The smallest absolute Gasteiger partial charge is 0.252 e. The molecule has 0 atom stereocenters. The fourth-order valence-electron chi connectivity index (χ4n) is 1.87. The third kappa shape index (κ3) is 5.54. The van der Waals surface area contributed by atoms with Crippen molar-refractivity contribution in [2.75, 3.05) is 0 Å². The lowest BCUT2D eigenvalue weighted by atomic mass is 10.4. The average molecular weight is 443 g/mol. The lowest BCUT2D eigenvalue weighted by Crippen LogP contribution is -2.05. The van der Waals surface area contributed by atoms with E-state index in [1.807, 2.05) is 6.07 Å². The van der Waals surface area contributed by atoms with E-state index < -0.39 is 7.60 Å². The minimum Gasteiger partial charge on any atom is -0.252 e. The Morgan fingerprint density at radius 2 is 1.08 bits per heavy atom. The van der Waals surface area contributed by atoms with Gasteiger partial charge in [-0.2, -0.15) is 0 Å².